The lowest BCUT2D eigenvalue weighted by Crippen LogP contribution is -2.38. The van der Waals surface area contributed by atoms with E-state index in [4.69, 9.17) is 5.11 Å². The van der Waals surface area contributed by atoms with E-state index < -0.39 is 5.97 Å². The van der Waals surface area contributed by atoms with E-state index in [0.29, 0.717) is 6.42 Å². The third-order valence-electron chi connectivity index (χ3n) is 2.41. The van der Waals surface area contributed by atoms with Crippen molar-refractivity contribution in [2.75, 3.05) is 5.75 Å². The van der Waals surface area contributed by atoms with Crippen LogP contribution in [-0.2, 0) is 9.59 Å². The first kappa shape index (κ1) is 16.3. The molecule has 2 N–H and O–H groups in total. The summed E-state index contributed by atoms with van der Waals surface area (Å²) >= 11 is 1.65. The third kappa shape index (κ3) is 9.03. The predicted molar refractivity (Wildman–Crippen MR) is 71.3 cm³/mol. The number of carbonyl (C=O) groups is 2. The zero-order valence-corrected chi connectivity index (χ0v) is 11.7. The Morgan fingerprint density at radius 2 is 2.00 bits per heavy atom. The first-order valence-corrected chi connectivity index (χ1v) is 7.16. The van der Waals surface area contributed by atoms with Gasteiger partial charge in [-0.25, -0.2) is 0 Å². The molecule has 2 atom stereocenters. The van der Waals surface area contributed by atoms with Crippen LogP contribution >= 0.6 is 11.8 Å². The lowest BCUT2D eigenvalue weighted by atomic mass is 10.2. The summed E-state index contributed by atoms with van der Waals surface area (Å²) in [5.41, 5.74) is 0. The number of aliphatic carboxylic acids is 1. The molecule has 0 heterocycles. The van der Waals surface area contributed by atoms with Crippen LogP contribution in [-0.4, -0.2) is 34.0 Å². The molecule has 0 fully saturated rings. The van der Waals surface area contributed by atoms with E-state index in [-0.39, 0.29) is 23.6 Å². The Kier molecular flexibility index (Phi) is 8.94. The number of hydrogen-bond acceptors (Lipinski definition) is 3. The Morgan fingerprint density at radius 3 is 2.53 bits per heavy atom. The Morgan fingerprint density at radius 1 is 1.35 bits per heavy atom. The summed E-state index contributed by atoms with van der Waals surface area (Å²) in [7, 11) is 0. The SMILES string of the molecule is CCCCSC(C)C(=O)NC(C)CCC(=O)O. The van der Waals surface area contributed by atoms with Gasteiger partial charge in [-0.3, -0.25) is 9.59 Å². The van der Waals surface area contributed by atoms with Crippen molar-refractivity contribution in [2.45, 2.75) is 57.7 Å². The standard InChI is InChI=1S/C12H23NO3S/c1-4-5-8-17-10(3)12(16)13-9(2)6-7-11(14)15/h9-10H,4-8H2,1-3H3,(H,13,16)(H,14,15). The van der Waals surface area contributed by atoms with Gasteiger partial charge in [-0.15, -0.1) is 11.8 Å². The van der Waals surface area contributed by atoms with E-state index in [2.05, 4.69) is 12.2 Å². The minimum atomic E-state index is -0.823. The number of nitrogens with one attached hydrogen (secondary N) is 1. The fraction of sp³-hybridized carbons (Fsp3) is 0.833. The summed E-state index contributed by atoms with van der Waals surface area (Å²) in [6.07, 6.45) is 2.83. The molecule has 0 aliphatic carbocycles. The monoisotopic (exact) mass is 261 g/mol. The molecule has 0 radical (unpaired) electrons. The highest BCUT2D eigenvalue weighted by Crippen LogP contribution is 2.13. The molecule has 17 heavy (non-hydrogen) atoms. The molecule has 0 saturated heterocycles. The van der Waals surface area contributed by atoms with E-state index in [1.165, 1.54) is 0 Å². The van der Waals surface area contributed by atoms with Crippen molar-refractivity contribution in [1.29, 1.82) is 0 Å². The second-order valence-corrected chi connectivity index (χ2v) is 5.66. The number of thioether (sulfide) groups is 1. The number of unbranched alkanes of at least 4 members (excludes halogenated alkanes) is 1. The second kappa shape index (κ2) is 9.33. The van der Waals surface area contributed by atoms with Gasteiger partial charge in [0.25, 0.3) is 0 Å². The van der Waals surface area contributed by atoms with Crippen molar-refractivity contribution >= 4 is 23.6 Å². The van der Waals surface area contributed by atoms with Crippen molar-refractivity contribution in [2.24, 2.45) is 0 Å². The van der Waals surface area contributed by atoms with Crippen LogP contribution in [0.2, 0.25) is 0 Å². The van der Waals surface area contributed by atoms with Crippen LogP contribution in [0.15, 0.2) is 0 Å². The van der Waals surface area contributed by atoms with Gasteiger partial charge in [0.2, 0.25) is 5.91 Å². The van der Waals surface area contributed by atoms with Gasteiger partial charge < -0.3 is 10.4 Å². The van der Waals surface area contributed by atoms with Crippen molar-refractivity contribution in [3.05, 3.63) is 0 Å². The molecular weight excluding hydrogens is 238 g/mol. The maximum absolute atomic E-state index is 11.7. The van der Waals surface area contributed by atoms with Gasteiger partial charge in [0.1, 0.15) is 0 Å². The topological polar surface area (TPSA) is 66.4 Å². The molecule has 2 unspecified atom stereocenters. The first-order chi connectivity index (χ1) is 7.97. The lowest BCUT2D eigenvalue weighted by molar-refractivity contribution is -0.137. The summed E-state index contributed by atoms with van der Waals surface area (Å²) in [5, 5.41) is 11.3. The predicted octanol–water partition coefficient (Wildman–Crippen LogP) is 2.28. The summed E-state index contributed by atoms with van der Waals surface area (Å²) in [5.74, 6) is 0.176. The van der Waals surface area contributed by atoms with E-state index in [0.717, 1.165) is 18.6 Å². The summed E-state index contributed by atoms with van der Waals surface area (Å²) < 4.78 is 0. The van der Waals surface area contributed by atoms with Crippen molar-refractivity contribution in [3.8, 4) is 0 Å². The number of carboxylic acids is 1. The maximum atomic E-state index is 11.7. The Balaban J connectivity index is 3.78. The van der Waals surface area contributed by atoms with Gasteiger partial charge in [0, 0.05) is 12.5 Å². The molecule has 5 heteroatoms. The quantitative estimate of drug-likeness (QED) is 0.625. The highest BCUT2D eigenvalue weighted by atomic mass is 32.2. The normalized spacial score (nSPS) is 14.1. The molecule has 0 aliphatic rings. The average Bonchev–Trinajstić information content (AvgIpc) is 2.26. The zero-order valence-electron chi connectivity index (χ0n) is 10.9. The minimum absolute atomic E-state index is 0.00370. The zero-order chi connectivity index (χ0) is 13.3. The van der Waals surface area contributed by atoms with Crippen molar-refractivity contribution in [1.82, 2.24) is 5.32 Å². The molecule has 0 aromatic heterocycles. The van der Waals surface area contributed by atoms with Crippen LogP contribution in [0.5, 0.6) is 0 Å². The van der Waals surface area contributed by atoms with Crippen LogP contribution in [0.4, 0.5) is 0 Å². The van der Waals surface area contributed by atoms with E-state index >= 15 is 0 Å². The van der Waals surface area contributed by atoms with Gasteiger partial charge in [-0.1, -0.05) is 13.3 Å². The van der Waals surface area contributed by atoms with Gasteiger partial charge in [-0.2, -0.15) is 0 Å². The van der Waals surface area contributed by atoms with Crippen molar-refractivity contribution in [3.63, 3.8) is 0 Å². The largest absolute Gasteiger partial charge is 0.481 e. The van der Waals surface area contributed by atoms with Crippen LogP contribution in [0.3, 0.4) is 0 Å². The Hall–Kier alpha value is -0.710. The summed E-state index contributed by atoms with van der Waals surface area (Å²) in [4.78, 5) is 22.1. The Labute approximate surface area is 108 Å². The van der Waals surface area contributed by atoms with Gasteiger partial charge in [0.15, 0.2) is 0 Å². The first-order valence-electron chi connectivity index (χ1n) is 6.11. The highest BCUT2D eigenvalue weighted by Gasteiger charge is 2.15. The van der Waals surface area contributed by atoms with Gasteiger partial charge in [-0.05, 0) is 32.4 Å². The summed E-state index contributed by atoms with van der Waals surface area (Å²) in [6, 6.07) is -0.0761. The maximum Gasteiger partial charge on any atom is 0.303 e. The fourth-order valence-electron chi connectivity index (χ4n) is 1.25. The lowest BCUT2D eigenvalue weighted by Gasteiger charge is -2.16. The second-order valence-electron chi connectivity index (χ2n) is 4.21. The van der Waals surface area contributed by atoms with Crippen LogP contribution in [0.25, 0.3) is 0 Å². The van der Waals surface area contributed by atoms with Gasteiger partial charge in [0.05, 0.1) is 5.25 Å². The molecular formula is C12H23NO3S. The smallest absolute Gasteiger partial charge is 0.303 e. The molecule has 0 spiro atoms. The van der Waals surface area contributed by atoms with Crippen LogP contribution < -0.4 is 5.32 Å². The molecule has 0 bridgehead atoms. The third-order valence-corrected chi connectivity index (χ3v) is 3.65. The number of rotatable bonds is 9. The average molecular weight is 261 g/mol. The molecule has 4 nitrogen and oxygen atoms in total. The molecule has 0 saturated carbocycles. The van der Waals surface area contributed by atoms with E-state index in [1.54, 1.807) is 11.8 Å². The molecule has 0 aromatic rings. The number of hydrogen-bond donors (Lipinski definition) is 2. The van der Waals surface area contributed by atoms with Crippen LogP contribution in [0, 0.1) is 0 Å². The fourth-order valence-corrected chi connectivity index (χ4v) is 2.28. The molecule has 0 aliphatic heterocycles. The Bertz CT molecular complexity index is 246. The summed E-state index contributed by atoms with van der Waals surface area (Å²) in [6.45, 7) is 5.85. The minimum Gasteiger partial charge on any atom is -0.481 e. The molecule has 100 valence electrons. The number of amides is 1. The molecule has 1 amide bonds. The van der Waals surface area contributed by atoms with Crippen LogP contribution in [0.1, 0.15) is 46.5 Å². The van der Waals surface area contributed by atoms with Gasteiger partial charge >= 0.3 is 5.97 Å². The number of carbonyl (C=O) groups excluding carboxylic acids is 1. The molecule has 0 aromatic carbocycles. The van der Waals surface area contributed by atoms with Crippen molar-refractivity contribution < 1.29 is 14.7 Å². The van der Waals surface area contributed by atoms with E-state index in [9.17, 15) is 9.59 Å². The number of carboxylic acid groups (broad SMARTS) is 1. The molecule has 0 rings (SSSR count). The highest BCUT2D eigenvalue weighted by molar-refractivity contribution is 8.00. The van der Waals surface area contributed by atoms with E-state index in [1.807, 2.05) is 13.8 Å².